The highest BCUT2D eigenvalue weighted by molar-refractivity contribution is 4.90. The van der Waals surface area contributed by atoms with Crippen LogP contribution in [0.2, 0.25) is 0 Å². The first-order valence-electron chi connectivity index (χ1n) is 8.07. The summed E-state index contributed by atoms with van der Waals surface area (Å²) in [6, 6.07) is 0.205. The number of hydrogen-bond donors (Lipinski definition) is 1. The maximum atomic E-state index is 4.20. The van der Waals surface area contributed by atoms with Gasteiger partial charge in [-0.25, -0.2) is 4.68 Å². The van der Waals surface area contributed by atoms with Gasteiger partial charge in [0.1, 0.15) is 0 Å². The van der Waals surface area contributed by atoms with Crippen LogP contribution >= 0.6 is 0 Å². The number of unbranched alkanes of at least 4 members (excludes halogenated alkanes) is 1. The molecule has 0 amide bonds. The molecule has 1 heterocycles. The van der Waals surface area contributed by atoms with Gasteiger partial charge in [0, 0.05) is 6.54 Å². The second-order valence-electron chi connectivity index (χ2n) is 6.16. The molecule has 5 heteroatoms. The van der Waals surface area contributed by atoms with E-state index in [1.165, 1.54) is 25.7 Å². The first kappa shape index (κ1) is 17.1. The van der Waals surface area contributed by atoms with Gasteiger partial charge in [-0.05, 0) is 42.2 Å². The summed E-state index contributed by atoms with van der Waals surface area (Å²) in [6.07, 6.45) is 5.00. The van der Waals surface area contributed by atoms with Crippen LogP contribution in [0, 0.1) is 11.8 Å². The highest BCUT2D eigenvalue weighted by atomic mass is 15.5. The lowest BCUT2D eigenvalue weighted by atomic mass is 9.99. The Bertz CT molecular complexity index is 361. The molecule has 0 aliphatic rings. The third-order valence-corrected chi connectivity index (χ3v) is 3.75. The third-order valence-electron chi connectivity index (χ3n) is 3.75. The number of nitrogens with one attached hydrogen (secondary N) is 1. The quantitative estimate of drug-likeness (QED) is 0.715. The smallest absolute Gasteiger partial charge is 0.167 e. The summed E-state index contributed by atoms with van der Waals surface area (Å²) in [6.45, 7) is 13.0. The maximum Gasteiger partial charge on any atom is 0.167 e. The van der Waals surface area contributed by atoms with Gasteiger partial charge >= 0.3 is 0 Å². The molecule has 20 heavy (non-hydrogen) atoms. The van der Waals surface area contributed by atoms with Crippen molar-refractivity contribution in [1.29, 1.82) is 0 Å². The van der Waals surface area contributed by atoms with E-state index < -0.39 is 0 Å². The number of nitrogens with zero attached hydrogens (tertiary/aromatic N) is 4. The first-order valence-corrected chi connectivity index (χ1v) is 8.07. The van der Waals surface area contributed by atoms with Crippen molar-refractivity contribution >= 4 is 0 Å². The Labute approximate surface area is 123 Å². The molecule has 5 nitrogen and oxygen atoms in total. The SMILES string of the molecule is CCCCC(CC)Cn1nnnc1C(C)NCC(C)C. The van der Waals surface area contributed by atoms with E-state index >= 15 is 0 Å². The Kier molecular flexibility index (Phi) is 7.73. The summed E-state index contributed by atoms with van der Waals surface area (Å²) < 4.78 is 1.99. The Morgan fingerprint density at radius 1 is 1.20 bits per heavy atom. The molecular formula is C15H31N5. The van der Waals surface area contributed by atoms with E-state index in [4.69, 9.17) is 0 Å². The van der Waals surface area contributed by atoms with Crippen molar-refractivity contribution in [2.24, 2.45) is 11.8 Å². The lowest BCUT2D eigenvalue weighted by Crippen LogP contribution is -2.27. The lowest BCUT2D eigenvalue weighted by Gasteiger charge is -2.18. The number of hydrogen-bond acceptors (Lipinski definition) is 4. The molecule has 2 unspecified atom stereocenters. The van der Waals surface area contributed by atoms with Gasteiger partial charge in [-0.2, -0.15) is 0 Å². The molecule has 0 saturated heterocycles. The zero-order chi connectivity index (χ0) is 15.0. The molecule has 0 bridgehead atoms. The van der Waals surface area contributed by atoms with Gasteiger partial charge in [-0.1, -0.05) is 47.0 Å². The van der Waals surface area contributed by atoms with Crippen LogP contribution < -0.4 is 5.32 Å². The van der Waals surface area contributed by atoms with Gasteiger partial charge in [0.25, 0.3) is 0 Å². The molecule has 1 N–H and O–H groups in total. The van der Waals surface area contributed by atoms with Crippen molar-refractivity contribution < 1.29 is 0 Å². The number of aromatic nitrogens is 4. The van der Waals surface area contributed by atoms with Crippen LogP contribution in [0.1, 0.15) is 72.2 Å². The van der Waals surface area contributed by atoms with Crippen LogP contribution in [0.4, 0.5) is 0 Å². The lowest BCUT2D eigenvalue weighted by molar-refractivity contribution is 0.350. The van der Waals surface area contributed by atoms with Crippen molar-refractivity contribution in [3.63, 3.8) is 0 Å². The minimum atomic E-state index is 0.205. The average Bonchev–Trinajstić information content (AvgIpc) is 2.88. The van der Waals surface area contributed by atoms with Crippen molar-refractivity contribution in [2.45, 2.75) is 72.9 Å². The monoisotopic (exact) mass is 281 g/mol. The molecule has 0 radical (unpaired) electrons. The van der Waals surface area contributed by atoms with Crippen LogP contribution in [0.25, 0.3) is 0 Å². The summed E-state index contributed by atoms with van der Waals surface area (Å²) in [5, 5.41) is 15.7. The van der Waals surface area contributed by atoms with Crippen molar-refractivity contribution in [3.8, 4) is 0 Å². The van der Waals surface area contributed by atoms with Crippen LogP contribution in [0.15, 0.2) is 0 Å². The highest BCUT2D eigenvalue weighted by Crippen LogP contribution is 2.17. The Morgan fingerprint density at radius 3 is 2.55 bits per heavy atom. The van der Waals surface area contributed by atoms with Crippen LogP contribution in [0.5, 0.6) is 0 Å². The zero-order valence-corrected chi connectivity index (χ0v) is 13.8. The minimum absolute atomic E-state index is 0.205. The molecule has 0 spiro atoms. The maximum absolute atomic E-state index is 4.20. The van der Waals surface area contributed by atoms with Gasteiger partial charge in [0.2, 0.25) is 0 Å². The minimum Gasteiger partial charge on any atom is -0.307 e. The molecule has 0 aromatic carbocycles. The number of rotatable bonds is 10. The van der Waals surface area contributed by atoms with E-state index in [1.54, 1.807) is 0 Å². The second-order valence-corrected chi connectivity index (χ2v) is 6.16. The molecular weight excluding hydrogens is 250 g/mol. The Balaban J connectivity index is 2.60. The zero-order valence-electron chi connectivity index (χ0n) is 13.8. The van der Waals surface area contributed by atoms with Crippen molar-refractivity contribution in [1.82, 2.24) is 25.5 Å². The number of tetrazole rings is 1. The van der Waals surface area contributed by atoms with E-state index in [9.17, 15) is 0 Å². The van der Waals surface area contributed by atoms with Crippen LogP contribution in [-0.2, 0) is 6.54 Å². The molecule has 2 atom stereocenters. The Morgan fingerprint density at radius 2 is 1.95 bits per heavy atom. The fraction of sp³-hybridized carbons (Fsp3) is 0.933. The summed E-state index contributed by atoms with van der Waals surface area (Å²) in [4.78, 5) is 0. The highest BCUT2D eigenvalue weighted by Gasteiger charge is 2.17. The molecule has 0 fully saturated rings. The van der Waals surface area contributed by atoms with Crippen molar-refractivity contribution in [2.75, 3.05) is 6.54 Å². The Hall–Kier alpha value is -0.970. The summed E-state index contributed by atoms with van der Waals surface area (Å²) >= 11 is 0. The summed E-state index contributed by atoms with van der Waals surface area (Å²) in [7, 11) is 0. The van der Waals surface area contributed by atoms with Gasteiger partial charge in [0.15, 0.2) is 5.82 Å². The predicted molar refractivity (Wildman–Crippen MR) is 82.4 cm³/mol. The molecule has 0 aliphatic heterocycles. The van der Waals surface area contributed by atoms with E-state index in [2.05, 4.69) is 55.5 Å². The molecule has 0 aliphatic carbocycles. The summed E-state index contributed by atoms with van der Waals surface area (Å²) in [5.74, 6) is 2.27. The van der Waals surface area contributed by atoms with Gasteiger partial charge in [-0.15, -0.1) is 5.10 Å². The van der Waals surface area contributed by atoms with Crippen molar-refractivity contribution in [3.05, 3.63) is 5.82 Å². The largest absolute Gasteiger partial charge is 0.307 e. The fourth-order valence-electron chi connectivity index (χ4n) is 2.32. The van der Waals surface area contributed by atoms with Crippen LogP contribution in [0.3, 0.4) is 0 Å². The molecule has 1 aromatic heterocycles. The second kappa shape index (κ2) is 9.06. The fourth-order valence-corrected chi connectivity index (χ4v) is 2.32. The van der Waals surface area contributed by atoms with E-state index in [0.717, 1.165) is 18.9 Å². The summed E-state index contributed by atoms with van der Waals surface area (Å²) in [5.41, 5.74) is 0. The average molecular weight is 281 g/mol. The normalized spacial score (nSPS) is 14.7. The van der Waals surface area contributed by atoms with E-state index in [-0.39, 0.29) is 6.04 Å². The standard InChI is InChI=1S/C15H31N5/c1-6-8-9-14(7-2)11-20-15(17-18-19-20)13(5)16-10-12(3)4/h12-14,16H,6-11H2,1-5H3. The van der Waals surface area contributed by atoms with Crippen LogP contribution in [-0.4, -0.2) is 26.8 Å². The first-order chi connectivity index (χ1) is 9.58. The molecule has 116 valence electrons. The van der Waals surface area contributed by atoms with Gasteiger partial charge < -0.3 is 5.32 Å². The molecule has 1 aromatic rings. The van der Waals surface area contributed by atoms with Gasteiger partial charge in [0.05, 0.1) is 6.04 Å². The predicted octanol–water partition coefficient (Wildman–Crippen LogP) is 3.20. The molecule has 0 saturated carbocycles. The third kappa shape index (κ3) is 5.57. The van der Waals surface area contributed by atoms with Gasteiger partial charge in [-0.3, -0.25) is 0 Å². The van der Waals surface area contributed by atoms with E-state index in [1.807, 2.05) is 4.68 Å². The van der Waals surface area contributed by atoms with E-state index in [0.29, 0.717) is 11.8 Å². The molecule has 1 rings (SSSR count). The topological polar surface area (TPSA) is 55.6 Å².